The first-order valence-corrected chi connectivity index (χ1v) is 9.63. The lowest BCUT2D eigenvalue weighted by molar-refractivity contribution is 0.181. The molecule has 0 unspecified atom stereocenters. The number of hydrogen-bond donors (Lipinski definition) is 2. The summed E-state index contributed by atoms with van der Waals surface area (Å²) in [5.41, 5.74) is 1.70. The lowest BCUT2D eigenvalue weighted by Crippen LogP contribution is -2.34. The van der Waals surface area contributed by atoms with Crippen LogP contribution in [0.1, 0.15) is 10.4 Å². The maximum atomic E-state index is 13.3. The number of nitrogens with one attached hydrogen (secondary N) is 2. The highest BCUT2D eigenvalue weighted by atomic mass is 32.1. The number of fused-ring (bicyclic) bond motifs is 1. The summed E-state index contributed by atoms with van der Waals surface area (Å²) >= 11 is 1.52. The number of amides is 3. The van der Waals surface area contributed by atoms with E-state index in [1.54, 1.807) is 11.0 Å². The van der Waals surface area contributed by atoms with Crippen molar-refractivity contribution in [2.75, 3.05) is 18.1 Å². The summed E-state index contributed by atoms with van der Waals surface area (Å²) in [7, 11) is 0. The van der Waals surface area contributed by atoms with E-state index in [4.69, 9.17) is 4.74 Å². The van der Waals surface area contributed by atoms with Crippen LogP contribution in [0.15, 0.2) is 48.5 Å². The van der Waals surface area contributed by atoms with Gasteiger partial charge in [0.15, 0.2) is 0 Å². The number of nitrogens with zero attached hydrogens (tertiary/aromatic N) is 1. The van der Waals surface area contributed by atoms with Gasteiger partial charge in [-0.05, 0) is 47.3 Å². The number of rotatable bonds is 5. The van der Waals surface area contributed by atoms with Crippen LogP contribution < -0.4 is 15.5 Å². The van der Waals surface area contributed by atoms with Crippen LogP contribution >= 0.6 is 11.3 Å². The molecule has 0 saturated carbocycles. The Morgan fingerprint density at radius 1 is 1.11 bits per heavy atom. The summed E-state index contributed by atoms with van der Waals surface area (Å²) in [5.74, 6) is -0.268. The number of halogens is 1. The molecule has 2 aromatic carbocycles. The fraction of sp³-hybridized carbons (Fsp3) is 0.200. The molecule has 2 heterocycles. The summed E-state index contributed by atoms with van der Waals surface area (Å²) in [6, 6.07) is 13.6. The van der Waals surface area contributed by atoms with Crippen LogP contribution in [0.25, 0.3) is 10.1 Å². The molecule has 1 aliphatic heterocycles. The zero-order chi connectivity index (χ0) is 19.5. The molecular formula is C20H18FN3O3S. The fourth-order valence-electron chi connectivity index (χ4n) is 2.99. The van der Waals surface area contributed by atoms with Gasteiger partial charge in [-0.2, -0.15) is 0 Å². The van der Waals surface area contributed by atoms with E-state index in [1.165, 1.54) is 23.5 Å². The number of benzene rings is 2. The second-order valence-corrected chi connectivity index (χ2v) is 7.53. The van der Waals surface area contributed by atoms with Crippen molar-refractivity contribution in [1.29, 1.82) is 0 Å². The number of cyclic esters (lactones) is 1. The first kappa shape index (κ1) is 18.2. The van der Waals surface area contributed by atoms with E-state index in [9.17, 15) is 14.0 Å². The van der Waals surface area contributed by atoms with Gasteiger partial charge in [0.25, 0.3) is 0 Å². The van der Waals surface area contributed by atoms with Crippen LogP contribution in [0, 0.1) is 5.82 Å². The lowest BCUT2D eigenvalue weighted by Gasteiger charge is -2.13. The largest absolute Gasteiger partial charge is 0.447 e. The molecule has 3 aromatic rings. The van der Waals surface area contributed by atoms with Gasteiger partial charge in [-0.1, -0.05) is 12.1 Å². The van der Waals surface area contributed by atoms with E-state index in [0.29, 0.717) is 26.2 Å². The molecule has 1 aliphatic rings. The highest BCUT2D eigenvalue weighted by molar-refractivity contribution is 7.19. The molecule has 1 fully saturated rings. The third kappa shape index (κ3) is 4.07. The van der Waals surface area contributed by atoms with Gasteiger partial charge < -0.3 is 15.4 Å². The average molecular weight is 399 g/mol. The topological polar surface area (TPSA) is 70.7 Å². The first-order chi connectivity index (χ1) is 13.6. The zero-order valence-electron chi connectivity index (χ0n) is 14.9. The number of ether oxygens (including phenoxy) is 1. The molecule has 0 atom stereocenters. The van der Waals surface area contributed by atoms with Crippen molar-refractivity contribution >= 4 is 39.2 Å². The molecular weight excluding hydrogens is 381 g/mol. The third-order valence-electron chi connectivity index (χ3n) is 4.41. The summed E-state index contributed by atoms with van der Waals surface area (Å²) in [6.07, 6.45) is -0.339. The van der Waals surface area contributed by atoms with Gasteiger partial charge in [-0.25, -0.2) is 14.0 Å². The normalized spacial score (nSPS) is 13.6. The Kier molecular flexibility index (Phi) is 5.12. The standard InChI is InChI=1S/C20H18FN3O3S/c21-15-3-6-18-14(9-15)10-17(28-18)12-23-19(25)22-11-13-1-4-16(5-2-13)24-7-8-27-20(24)26/h1-6,9-10H,7-8,11-12H2,(H2,22,23,25). The van der Waals surface area contributed by atoms with Crippen LogP contribution in [0.4, 0.5) is 19.7 Å². The maximum Gasteiger partial charge on any atom is 0.414 e. The lowest BCUT2D eigenvalue weighted by atomic mass is 10.2. The Labute approximate surface area is 164 Å². The molecule has 0 spiro atoms. The van der Waals surface area contributed by atoms with Gasteiger partial charge in [0, 0.05) is 21.8 Å². The molecule has 0 radical (unpaired) electrons. The number of thiophene rings is 1. The van der Waals surface area contributed by atoms with Gasteiger partial charge in [0.1, 0.15) is 12.4 Å². The van der Waals surface area contributed by atoms with Crippen LogP contribution in [-0.4, -0.2) is 25.3 Å². The highest BCUT2D eigenvalue weighted by Crippen LogP contribution is 2.26. The Morgan fingerprint density at radius 3 is 2.64 bits per heavy atom. The van der Waals surface area contributed by atoms with Crippen molar-refractivity contribution in [1.82, 2.24) is 10.6 Å². The van der Waals surface area contributed by atoms with E-state index >= 15 is 0 Å². The molecule has 1 saturated heterocycles. The van der Waals surface area contributed by atoms with Crippen molar-refractivity contribution in [3.05, 3.63) is 64.8 Å². The van der Waals surface area contributed by atoms with E-state index in [0.717, 1.165) is 26.2 Å². The van der Waals surface area contributed by atoms with E-state index in [1.807, 2.05) is 30.3 Å². The summed E-state index contributed by atoms with van der Waals surface area (Å²) in [6.45, 7) is 1.69. The second kappa shape index (κ2) is 7.85. The molecule has 6 nitrogen and oxygen atoms in total. The van der Waals surface area contributed by atoms with Crippen LogP contribution in [0.5, 0.6) is 0 Å². The Balaban J connectivity index is 1.27. The van der Waals surface area contributed by atoms with Crippen LogP contribution in [0.3, 0.4) is 0 Å². The quantitative estimate of drug-likeness (QED) is 0.681. The minimum atomic E-state index is -0.339. The molecule has 3 amide bonds. The molecule has 28 heavy (non-hydrogen) atoms. The van der Waals surface area contributed by atoms with E-state index in [-0.39, 0.29) is 17.9 Å². The predicted molar refractivity (Wildman–Crippen MR) is 106 cm³/mol. The Bertz CT molecular complexity index is 1020. The van der Waals surface area contributed by atoms with Gasteiger partial charge in [0.2, 0.25) is 0 Å². The predicted octanol–water partition coefficient (Wildman–Crippen LogP) is 4.00. The van der Waals surface area contributed by atoms with Gasteiger partial charge in [-0.3, -0.25) is 4.90 Å². The summed E-state index contributed by atoms with van der Waals surface area (Å²) in [5, 5.41) is 6.44. The van der Waals surface area contributed by atoms with E-state index in [2.05, 4.69) is 10.6 Å². The number of anilines is 1. The highest BCUT2D eigenvalue weighted by Gasteiger charge is 2.23. The van der Waals surface area contributed by atoms with Crippen molar-refractivity contribution in [2.24, 2.45) is 0 Å². The minimum Gasteiger partial charge on any atom is -0.447 e. The number of carbonyl (C=O) groups is 2. The smallest absolute Gasteiger partial charge is 0.414 e. The van der Waals surface area contributed by atoms with Crippen molar-refractivity contribution in [2.45, 2.75) is 13.1 Å². The number of urea groups is 1. The van der Waals surface area contributed by atoms with E-state index < -0.39 is 0 Å². The number of carbonyl (C=O) groups excluding carboxylic acids is 2. The van der Waals surface area contributed by atoms with Crippen LogP contribution in [-0.2, 0) is 17.8 Å². The monoisotopic (exact) mass is 399 g/mol. The van der Waals surface area contributed by atoms with Crippen molar-refractivity contribution in [3.63, 3.8) is 0 Å². The van der Waals surface area contributed by atoms with Crippen LogP contribution in [0.2, 0.25) is 0 Å². The van der Waals surface area contributed by atoms with Gasteiger partial charge in [-0.15, -0.1) is 11.3 Å². The maximum absolute atomic E-state index is 13.3. The SMILES string of the molecule is O=C(NCc1ccc(N2CCOC2=O)cc1)NCc1cc2cc(F)ccc2s1. The molecule has 8 heteroatoms. The summed E-state index contributed by atoms with van der Waals surface area (Å²) < 4.78 is 19.2. The molecule has 0 bridgehead atoms. The zero-order valence-corrected chi connectivity index (χ0v) is 15.7. The molecule has 0 aliphatic carbocycles. The Morgan fingerprint density at radius 2 is 1.89 bits per heavy atom. The molecule has 2 N–H and O–H groups in total. The Hall–Kier alpha value is -3.13. The molecule has 144 valence electrons. The second-order valence-electron chi connectivity index (χ2n) is 6.36. The third-order valence-corrected chi connectivity index (χ3v) is 5.53. The first-order valence-electron chi connectivity index (χ1n) is 8.81. The summed E-state index contributed by atoms with van der Waals surface area (Å²) in [4.78, 5) is 26.1. The minimum absolute atomic E-state index is 0.268. The van der Waals surface area contributed by atoms with Gasteiger partial charge >= 0.3 is 12.1 Å². The molecule has 4 rings (SSSR count). The van der Waals surface area contributed by atoms with Crippen molar-refractivity contribution < 1.29 is 18.7 Å². The molecule has 1 aromatic heterocycles. The van der Waals surface area contributed by atoms with Gasteiger partial charge in [0.05, 0.1) is 13.1 Å². The fourth-order valence-corrected chi connectivity index (χ4v) is 3.97. The van der Waals surface area contributed by atoms with Crippen molar-refractivity contribution in [3.8, 4) is 0 Å². The number of hydrogen-bond acceptors (Lipinski definition) is 4. The average Bonchev–Trinajstić information content (AvgIpc) is 3.30.